The van der Waals surface area contributed by atoms with Gasteiger partial charge >= 0.3 is 5.97 Å². The van der Waals surface area contributed by atoms with E-state index in [2.05, 4.69) is 13.8 Å². The fourth-order valence-corrected chi connectivity index (χ4v) is 1.84. The van der Waals surface area contributed by atoms with Crippen LogP contribution in [0.15, 0.2) is 22.8 Å². The molecule has 0 amide bonds. The summed E-state index contributed by atoms with van der Waals surface area (Å²) in [6, 6.07) is 3.66. The van der Waals surface area contributed by atoms with E-state index in [1.54, 1.807) is 6.26 Å². The maximum Gasteiger partial charge on any atom is 0.307 e. The Morgan fingerprint density at radius 1 is 1.50 bits per heavy atom. The molecule has 0 bridgehead atoms. The van der Waals surface area contributed by atoms with E-state index in [-0.39, 0.29) is 17.5 Å². The lowest BCUT2D eigenvalue weighted by molar-refractivity contribution is -0.162. The van der Waals surface area contributed by atoms with Crippen LogP contribution in [-0.2, 0) is 9.53 Å². The molecule has 1 aromatic rings. The van der Waals surface area contributed by atoms with Crippen molar-refractivity contribution in [2.75, 3.05) is 0 Å². The number of ether oxygens (including phenoxy) is 1. The zero-order chi connectivity index (χ0) is 10.2. The van der Waals surface area contributed by atoms with Crippen LogP contribution in [0.4, 0.5) is 0 Å². The van der Waals surface area contributed by atoms with Crippen LogP contribution in [0.3, 0.4) is 0 Å². The molecule has 1 saturated heterocycles. The Bertz CT molecular complexity index is 324. The largest absolute Gasteiger partial charge is 0.465 e. The fourth-order valence-electron chi connectivity index (χ4n) is 1.84. The minimum Gasteiger partial charge on any atom is -0.465 e. The van der Waals surface area contributed by atoms with Gasteiger partial charge in [0.15, 0.2) is 6.10 Å². The standard InChI is InChI=1S/C11H14O3/c1-11(2)6-9(14-10(12)7-11)8-4-3-5-13-8/h3-5,9H,6-7H2,1-2H3/t9-/m1/s1. The first-order chi connectivity index (χ1) is 6.57. The van der Waals surface area contributed by atoms with Gasteiger partial charge in [0, 0.05) is 0 Å². The van der Waals surface area contributed by atoms with E-state index >= 15 is 0 Å². The second-order valence-electron chi connectivity index (χ2n) is 4.54. The van der Waals surface area contributed by atoms with Crippen molar-refractivity contribution in [2.45, 2.75) is 32.8 Å². The van der Waals surface area contributed by atoms with Crippen LogP contribution in [0.1, 0.15) is 38.6 Å². The summed E-state index contributed by atoms with van der Waals surface area (Å²) in [4.78, 5) is 11.3. The predicted molar refractivity (Wildman–Crippen MR) is 50.6 cm³/mol. The number of carbonyl (C=O) groups excluding carboxylic acids is 1. The van der Waals surface area contributed by atoms with Crippen molar-refractivity contribution in [1.82, 2.24) is 0 Å². The number of rotatable bonds is 1. The highest BCUT2D eigenvalue weighted by Crippen LogP contribution is 2.40. The lowest BCUT2D eigenvalue weighted by atomic mass is 9.81. The minimum atomic E-state index is -0.207. The Hall–Kier alpha value is -1.25. The second-order valence-corrected chi connectivity index (χ2v) is 4.54. The summed E-state index contributed by atoms with van der Waals surface area (Å²) < 4.78 is 10.5. The van der Waals surface area contributed by atoms with E-state index in [9.17, 15) is 4.79 Å². The van der Waals surface area contributed by atoms with E-state index in [1.165, 1.54) is 0 Å². The fraction of sp³-hybridized carbons (Fsp3) is 0.545. The van der Waals surface area contributed by atoms with E-state index in [1.807, 2.05) is 12.1 Å². The summed E-state index contributed by atoms with van der Waals surface area (Å²) in [6.45, 7) is 4.15. The van der Waals surface area contributed by atoms with Crippen LogP contribution >= 0.6 is 0 Å². The molecule has 1 aliphatic heterocycles. The van der Waals surface area contributed by atoms with Crippen molar-refractivity contribution < 1.29 is 13.9 Å². The zero-order valence-corrected chi connectivity index (χ0v) is 8.45. The van der Waals surface area contributed by atoms with Crippen LogP contribution in [0.2, 0.25) is 0 Å². The minimum absolute atomic E-state index is 0.00674. The number of esters is 1. The van der Waals surface area contributed by atoms with E-state index in [0.29, 0.717) is 6.42 Å². The highest BCUT2D eigenvalue weighted by Gasteiger charge is 2.36. The van der Waals surface area contributed by atoms with E-state index < -0.39 is 0 Å². The van der Waals surface area contributed by atoms with Gasteiger partial charge in [-0.05, 0) is 24.0 Å². The molecule has 0 saturated carbocycles. The van der Waals surface area contributed by atoms with E-state index in [4.69, 9.17) is 9.15 Å². The van der Waals surface area contributed by atoms with Crippen LogP contribution in [0, 0.1) is 5.41 Å². The second kappa shape index (κ2) is 3.15. The van der Waals surface area contributed by atoms with Crippen molar-refractivity contribution in [2.24, 2.45) is 5.41 Å². The average Bonchev–Trinajstić information content (AvgIpc) is 2.51. The molecule has 1 atom stereocenters. The van der Waals surface area contributed by atoms with Crippen LogP contribution < -0.4 is 0 Å². The summed E-state index contributed by atoms with van der Waals surface area (Å²) in [7, 11) is 0. The molecule has 3 nitrogen and oxygen atoms in total. The van der Waals surface area contributed by atoms with Crippen molar-refractivity contribution in [1.29, 1.82) is 0 Å². The molecule has 3 heteroatoms. The Balaban J connectivity index is 2.18. The maximum absolute atomic E-state index is 11.3. The van der Waals surface area contributed by atoms with Gasteiger partial charge < -0.3 is 9.15 Å². The molecule has 1 aliphatic rings. The normalized spacial score (nSPS) is 25.9. The van der Waals surface area contributed by atoms with Gasteiger partial charge in [0.2, 0.25) is 0 Å². The van der Waals surface area contributed by atoms with Gasteiger partial charge in [0.05, 0.1) is 12.7 Å². The Morgan fingerprint density at radius 3 is 2.86 bits per heavy atom. The lowest BCUT2D eigenvalue weighted by Gasteiger charge is -2.33. The van der Waals surface area contributed by atoms with Gasteiger partial charge in [-0.25, -0.2) is 0 Å². The molecule has 0 aromatic carbocycles. The molecule has 14 heavy (non-hydrogen) atoms. The summed E-state index contributed by atoms with van der Waals surface area (Å²) in [6.07, 6.45) is 2.71. The third-order valence-corrected chi connectivity index (χ3v) is 2.50. The molecular formula is C11H14O3. The lowest BCUT2D eigenvalue weighted by Crippen LogP contribution is -2.29. The molecule has 0 aliphatic carbocycles. The number of cyclic esters (lactones) is 1. The monoisotopic (exact) mass is 194 g/mol. The molecule has 0 N–H and O–H groups in total. The van der Waals surface area contributed by atoms with Gasteiger partial charge in [0.25, 0.3) is 0 Å². The highest BCUT2D eigenvalue weighted by molar-refractivity contribution is 5.71. The molecule has 1 aromatic heterocycles. The first-order valence-corrected chi connectivity index (χ1v) is 4.80. The van der Waals surface area contributed by atoms with Crippen molar-refractivity contribution in [3.8, 4) is 0 Å². The number of hydrogen-bond acceptors (Lipinski definition) is 3. The van der Waals surface area contributed by atoms with E-state index in [0.717, 1.165) is 12.2 Å². The summed E-state index contributed by atoms with van der Waals surface area (Å²) >= 11 is 0. The van der Waals surface area contributed by atoms with Crippen molar-refractivity contribution >= 4 is 5.97 Å². The highest BCUT2D eigenvalue weighted by atomic mass is 16.6. The van der Waals surface area contributed by atoms with Gasteiger partial charge in [-0.3, -0.25) is 4.79 Å². The molecule has 1 fully saturated rings. The number of carbonyl (C=O) groups is 1. The Labute approximate surface area is 83.0 Å². The van der Waals surface area contributed by atoms with Gasteiger partial charge in [0.1, 0.15) is 5.76 Å². The molecule has 2 heterocycles. The predicted octanol–water partition coefficient (Wildman–Crippen LogP) is 2.68. The number of furan rings is 1. The summed E-state index contributed by atoms with van der Waals surface area (Å²) in [5.41, 5.74) is 0.00674. The Morgan fingerprint density at radius 2 is 2.29 bits per heavy atom. The van der Waals surface area contributed by atoms with Crippen LogP contribution in [0.25, 0.3) is 0 Å². The topological polar surface area (TPSA) is 39.4 Å². The Kier molecular flexibility index (Phi) is 2.10. The van der Waals surface area contributed by atoms with Crippen LogP contribution in [-0.4, -0.2) is 5.97 Å². The number of hydrogen-bond donors (Lipinski definition) is 0. The third kappa shape index (κ3) is 1.81. The molecule has 0 spiro atoms. The molecule has 76 valence electrons. The zero-order valence-electron chi connectivity index (χ0n) is 8.45. The SMILES string of the molecule is CC1(C)CC(=O)O[C@@H](c2ccco2)C1. The average molecular weight is 194 g/mol. The summed E-state index contributed by atoms with van der Waals surface area (Å²) in [5.74, 6) is 0.605. The molecule has 0 unspecified atom stereocenters. The maximum atomic E-state index is 11.3. The van der Waals surface area contributed by atoms with Crippen molar-refractivity contribution in [3.63, 3.8) is 0 Å². The van der Waals surface area contributed by atoms with Crippen molar-refractivity contribution in [3.05, 3.63) is 24.2 Å². The molecule has 2 rings (SSSR count). The third-order valence-electron chi connectivity index (χ3n) is 2.50. The first-order valence-electron chi connectivity index (χ1n) is 4.80. The smallest absolute Gasteiger partial charge is 0.307 e. The quantitative estimate of drug-likeness (QED) is 0.645. The van der Waals surface area contributed by atoms with Crippen LogP contribution in [0.5, 0.6) is 0 Å². The van der Waals surface area contributed by atoms with Gasteiger partial charge in [-0.2, -0.15) is 0 Å². The molecule has 0 radical (unpaired) electrons. The van der Waals surface area contributed by atoms with Gasteiger partial charge in [-0.15, -0.1) is 0 Å². The molecular weight excluding hydrogens is 180 g/mol. The summed E-state index contributed by atoms with van der Waals surface area (Å²) in [5, 5.41) is 0. The first kappa shape index (κ1) is 9.31. The van der Waals surface area contributed by atoms with Gasteiger partial charge in [-0.1, -0.05) is 13.8 Å².